The lowest BCUT2D eigenvalue weighted by Crippen LogP contribution is -2.32. The van der Waals surface area contributed by atoms with E-state index in [4.69, 9.17) is 11.6 Å². The second kappa shape index (κ2) is 4.66. The van der Waals surface area contributed by atoms with Gasteiger partial charge in [-0.05, 0) is 47.6 Å². The van der Waals surface area contributed by atoms with Crippen LogP contribution in [0.15, 0.2) is 48.5 Å². The Morgan fingerprint density at radius 3 is 2.74 bits per heavy atom. The summed E-state index contributed by atoms with van der Waals surface area (Å²) in [7, 11) is 0. The molecule has 0 aromatic heterocycles. The summed E-state index contributed by atoms with van der Waals surface area (Å²) in [6.45, 7) is 2.22. The molecule has 98 valence electrons. The van der Waals surface area contributed by atoms with Crippen molar-refractivity contribution >= 4 is 11.6 Å². The van der Waals surface area contributed by atoms with E-state index in [0.717, 1.165) is 24.0 Å². The number of halogens is 1. The monoisotopic (exact) mass is 272 g/mol. The van der Waals surface area contributed by atoms with Crippen LogP contribution in [0.5, 0.6) is 0 Å². The molecule has 2 atom stereocenters. The van der Waals surface area contributed by atoms with Crippen LogP contribution >= 0.6 is 11.6 Å². The molecule has 0 radical (unpaired) electrons. The van der Waals surface area contributed by atoms with Gasteiger partial charge >= 0.3 is 0 Å². The van der Waals surface area contributed by atoms with E-state index in [1.165, 1.54) is 5.56 Å². The van der Waals surface area contributed by atoms with Gasteiger partial charge in [-0.25, -0.2) is 0 Å². The van der Waals surface area contributed by atoms with Crippen molar-refractivity contribution in [3.05, 3.63) is 70.2 Å². The third-order valence-electron chi connectivity index (χ3n) is 4.18. The van der Waals surface area contributed by atoms with Crippen molar-refractivity contribution in [3.63, 3.8) is 0 Å². The van der Waals surface area contributed by atoms with Gasteiger partial charge in [0.2, 0.25) is 0 Å². The maximum atomic E-state index is 11.2. The average Bonchev–Trinajstić information content (AvgIpc) is 2.43. The van der Waals surface area contributed by atoms with Crippen LogP contribution in [-0.4, -0.2) is 5.11 Å². The number of benzene rings is 2. The fourth-order valence-corrected chi connectivity index (χ4v) is 3.25. The Kier molecular flexibility index (Phi) is 3.12. The summed E-state index contributed by atoms with van der Waals surface area (Å²) in [5.41, 5.74) is 2.25. The molecule has 2 heteroatoms. The molecule has 0 saturated heterocycles. The molecule has 3 rings (SSSR count). The van der Waals surface area contributed by atoms with Gasteiger partial charge in [0.25, 0.3) is 0 Å². The lowest BCUT2D eigenvalue weighted by Gasteiger charge is -2.37. The zero-order valence-electron chi connectivity index (χ0n) is 10.9. The molecular formula is C17H17ClO. The first kappa shape index (κ1) is 12.7. The zero-order chi connectivity index (χ0) is 13.5. The molecule has 19 heavy (non-hydrogen) atoms. The standard InChI is InChI=1S/C17H17ClO/c1-12-9-10-17(19,13-5-4-6-14(18)11-13)16-8-3-2-7-15(12)16/h2-8,11-12,19H,9-10H2,1H3. The topological polar surface area (TPSA) is 20.2 Å². The smallest absolute Gasteiger partial charge is 0.115 e. The third-order valence-corrected chi connectivity index (χ3v) is 4.41. The maximum Gasteiger partial charge on any atom is 0.115 e. The summed E-state index contributed by atoms with van der Waals surface area (Å²) in [5.74, 6) is 0.496. The second-order valence-corrected chi connectivity index (χ2v) is 5.83. The van der Waals surface area contributed by atoms with Crippen LogP contribution in [0.1, 0.15) is 42.4 Å². The molecule has 0 heterocycles. The Labute approximate surface area is 118 Å². The van der Waals surface area contributed by atoms with Crippen LogP contribution in [-0.2, 0) is 5.60 Å². The number of aliphatic hydroxyl groups is 1. The van der Waals surface area contributed by atoms with Gasteiger partial charge in [0.15, 0.2) is 0 Å². The van der Waals surface area contributed by atoms with Crippen molar-refractivity contribution < 1.29 is 5.11 Å². The molecule has 0 amide bonds. The van der Waals surface area contributed by atoms with E-state index in [-0.39, 0.29) is 0 Å². The highest BCUT2D eigenvalue weighted by Gasteiger charge is 2.38. The minimum absolute atomic E-state index is 0.496. The molecule has 1 nitrogen and oxygen atoms in total. The van der Waals surface area contributed by atoms with E-state index < -0.39 is 5.60 Å². The van der Waals surface area contributed by atoms with Crippen molar-refractivity contribution in [1.29, 1.82) is 0 Å². The van der Waals surface area contributed by atoms with Crippen LogP contribution in [0.4, 0.5) is 0 Å². The molecule has 2 aromatic rings. The summed E-state index contributed by atoms with van der Waals surface area (Å²) < 4.78 is 0. The van der Waals surface area contributed by atoms with Crippen molar-refractivity contribution in [2.45, 2.75) is 31.3 Å². The predicted octanol–water partition coefficient (Wildman–Crippen LogP) is 4.47. The van der Waals surface area contributed by atoms with Gasteiger partial charge in [0.05, 0.1) is 0 Å². The van der Waals surface area contributed by atoms with Crippen molar-refractivity contribution in [2.75, 3.05) is 0 Å². The van der Waals surface area contributed by atoms with Gasteiger partial charge in [0, 0.05) is 5.02 Å². The molecule has 0 fully saturated rings. The Hall–Kier alpha value is -1.31. The molecule has 2 unspecified atom stereocenters. The fraction of sp³-hybridized carbons (Fsp3) is 0.294. The van der Waals surface area contributed by atoms with E-state index in [1.807, 2.05) is 42.5 Å². The average molecular weight is 273 g/mol. The summed E-state index contributed by atoms with van der Waals surface area (Å²) in [5, 5.41) is 11.8. The lowest BCUT2D eigenvalue weighted by atomic mass is 9.71. The quantitative estimate of drug-likeness (QED) is 0.812. The van der Waals surface area contributed by atoms with Crippen LogP contribution in [0.2, 0.25) is 5.02 Å². The number of hydrogen-bond donors (Lipinski definition) is 1. The first-order valence-corrected chi connectivity index (χ1v) is 7.07. The molecule has 0 saturated carbocycles. The predicted molar refractivity (Wildman–Crippen MR) is 78.5 cm³/mol. The molecular weight excluding hydrogens is 256 g/mol. The van der Waals surface area contributed by atoms with Gasteiger partial charge < -0.3 is 5.11 Å². The first-order chi connectivity index (χ1) is 9.11. The Balaban J connectivity index is 2.18. The van der Waals surface area contributed by atoms with Gasteiger partial charge in [-0.3, -0.25) is 0 Å². The van der Waals surface area contributed by atoms with Crippen LogP contribution in [0.25, 0.3) is 0 Å². The van der Waals surface area contributed by atoms with Crippen LogP contribution < -0.4 is 0 Å². The molecule has 0 bridgehead atoms. The maximum absolute atomic E-state index is 11.2. The summed E-state index contributed by atoms with van der Waals surface area (Å²) >= 11 is 6.07. The summed E-state index contributed by atoms with van der Waals surface area (Å²) in [6.07, 6.45) is 1.73. The van der Waals surface area contributed by atoms with Gasteiger partial charge in [-0.1, -0.05) is 54.9 Å². The van der Waals surface area contributed by atoms with E-state index in [1.54, 1.807) is 0 Å². The highest BCUT2D eigenvalue weighted by molar-refractivity contribution is 6.30. The largest absolute Gasteiger partial charge is 0.380 e. The van der Waals surface area contributed by atoms with E-state index >= 15 is 0 Å². The van der Waals surface area contributed by atoms with E-state index in [2.05, 4.69) is 13.0 Å². The normalized spacial score (nSPS) is 25.9. The Morgan fingerprint density at radius 2 is 1.95 bits per heavy atom. The Morgan fingerprint density at radius 1 is 1.16 bits per heavy atom. The molecule has 1 N–H and O–H groups in total. The van der Waals surface area contributed by atoms with Crippen LogP contribution in [0.3, 0.4) is 0 Å². The minimum Gasteiger partial charge on any atom is -0.380 e. The van der Waals surface area contributed by atoms with Crippen LogP contribution in [0, 0.1) is 0 Å². The van der Waals surface area contributed by atoms with Gasteiger partial charge in [0.1, 0.15) is 5.60 Å². The zero-order valence-corrected chi connectivity index (χ0v) is 11.7. The molecule has 1 aliphatic carbocycles. The number of fused-ring (bicyclic) bond motifs is 1. The molecule has 0 spiro atoms. The Bertz CT molecular complexity index is 608. The van der Waals surface area contributed by atoms with Crippen molar-refractivity contribution in [2.24, 2.45) is 0 Å². The number of hydrogen-bond acceptors (Lipinski definition) is 1. The van der Waals surface area contributed by atoms with Crippen molar-refractivity contribution in [3.8, 4) is 0 Å². The molecule has 1 aliphatic rings. The number of rotatable bonds is 1. The fourth-order valence-electron chi connectivity index (χ4n) is 3.06. The highest BCUT2D eigenvalue weighted by Crippen LogP contribution is 2.45. The van der Waals surface area contributed by atoms with Gasteiger partial charge in [-0.2, -0.15) is 0 Å². The second-order valence-electron chi connectivity index (χ2n) is 5.40. The minimum atomic E-state index is -0.909. The van der Waals surface area contributed by atoms with Crippen molar-refractivity contribution in [1.82, 2.24) is 0 Å². The molecule has 0 aliphatic heterocycles. The SMILES string of the molecule is CC1CCC(O)(c2cccc(Cl)c2)c2ccccc21. The van der Waals surface area contributed by atoms with Gasteiger partial charge in [-0.15, -0.1) is 0 Å². The summed E-state index contributed by atoms with van der Waals surface area (Å²) in [6, 6.07) is 15.8. The molecule has 2 aromatic carbocycles. The lowest BCUT2D eigenvalue weighted by molar-refractivity contribution is 0.0579. The third kappa shape index (κ3) is 2.07. The summed E-state index contributed by atoms with van der Waals surface area (Å²) in [4.78, 5) is 0. The highest BCUT2D eigenvalue weighted by atomic mass is 35.5. The van der Waals surface area contributed by atoms with E-state index in [0.29, 0.717) is 10.9 Å². The van der Waals surface area contributed by atoms with E-state index in [9.17, 15) is 5.11 Å². The first-order valence-electron chi connectivity index (χ1n) is 6.69.